The van der Waals surface area contributed by atoms with Crippen molar-refractivity contribution in [2.75, 3.05) is 0 Å². The summed E-state index contributed by atoms with van der Waals surface area (Å²) < 4.78 is 6.11. The highest BCUT2D eigenvalue weighted by molar-refractivity contribution is 6.05. The number of allylic oxidation sites excluding steroid dienone is 2. The van der Waals surface area contributed by atoms with Gasteiger partial charge >= 0.3 is 0 Å². The fourth-order valence-electron chi connectivity index (χ4n) is 2.95. The zero-order chi connectivity index (χ0) is 14.4. The molecule has 3 aromatic rings. The summed E-state index contributed by atoms with van der Waals surface area (Å²) in [5.74, 6) is 0. The van der Waals surface area contributed by atoms with E-state index in [0.717, 1.165) is 11.2 Å². The van der Waals surface area contributed by atoms with Crippen molar-refractivity contribution in [1.82, 2.24) is 5.32 Å². The zero-order valence-electron chi connectivity index (χ0n) is 12.2. The van der Waals surface area contributed by atoms with Gasteiger partial charge in [0.1, 0.15) is 11.2 Å². The fraction of sp³-hybridized carbons (Fsp3) is 0.158. The zero-order valence-corrected chi connectivity index (χ0v) is 12.2. The van der Waals surface area contributed by atoms with Gasteiger partial charge in [-0.25, -0.2) is 0 Å². The molecule has 2 aromatic carbocycles. The molecule has 2 heterocycles. The maximum Gasteiger partial charge on any atom is 0.141 e. The third-order valence-corrected chi connectivity index (χ3v) is 4.29. The van der Waals surface area contributed by atoms with Gasteiger partial charge in [0.25, 0.3) is 0 Å². The second kappa shape index (κ2) is 4.52. The molecule has 4 rings (SSSR count). The van der Waals surface area contributed by atoms with Crippen LogP contribution in [-0.4, -0.2) is 0 Å². The van der Waals surface area contributed by atoms with Crippen LogP contribution in [0.1, 0.15) is 25.5 Å². The molecule has 0 radical (unpaired) electrons. The van der Waals surface area contributed by atoms with E-state index in [1.165, 1.54) is 27.5 Å². The number of nitrogens with one attached hydrogen (secondary N) is 1. The molecule has 1 N–H and O–H groups in total. The third kappa shape index (κ3) is 1.87. The highest BCUT2D eigenvalue weighted by Gasteiger charge is 2.18. The van der Waals surface area contributed by atoms with Gasteiger partial charge in [-0.1, -0.05) is 42.5 Å². The molecule has 0 bridgehead atoms. The lowest BCUT2D eigenvalue weighted by molar-refractivity contribution is 0.646. The Labute approximate surface area is 123 Å². The fourth-order valence-corrected chi connectivity index (χ4v) is 2.95. The summed E-state index contributed by atoms with van der Waals surface area (Å²) in [5, 5.41) is 5.81. The third-order valence-electron chi connectivity index (χ3n) is 4.29. The molecule has 2 heteroatoms. The molecule has 0 spiro atoms. The molecule has 0 saturated carbocycles. The number of furan rings is 1. The number of hydrogen-bond acceptors (Lipinski definition) is 2. The second-order valence-corrected chi connectivity index (χ2v) is 5.64. The van der Waals surface area contributed by atoms with Crippen LogP contribution in [0.3, 0.4) is 0 Å². The average Bonchev–Trinajstić information content (AvgIpc) is 2.89. The molecule has 1 atom stereocenters. The Balaban J connectivity index is 1.94. The molecule has 21 heavy (non-hydrogen) atoms. The first-order valence-electron chi connectivity index (χ1n) is 7.26. The summed E-state index contributed by atoms with van der Waals surface area (Å²) in [6, 6.07) is 14.8. The van der Waals surface area contributed by atoms with E-state index in [4.69, 9.17) is 4.42 Å². The first-order valence-corrected chi connectivity index (χ1v) is 7.26. The highest BCUT2D eigenvalue weighted by atomic mass is 16.3. The summed E-state index contributed by atoms with van der Waals surface area (Å²) in [6.45, 7) is 4.27. The van der Waals surface area contributed by atoms with Crippen LogP contribution in [0.25, 0.3) is 21.9 Å². The monoisotopic (exact) mass is 275 g/mol. The van der Waals surface area contributed by atoms with Gasteiger partial charge in [-0.2, -0.15) is 0 Å². The molecular weight excluding hydrogens is 258 g/mol. The van der Waals surface area contributed by atoms with Crippen LogP contribution in [0.5, 0.6) is 0 Å². The Morgan fingerprint density at radius 1 is 0.905 bits per heavy atom. The SMILES string of the molecule is CC1=CNC(c2cccc3c2oc2ccccc23)C=C1C. The Morgan fingerprint density at radius 3 is 2.57 bits per heavy atom. The molecule has 1 aliphatic rings. The van der Waals surface area contributed by atoms with Crippen LogP contribution < -0.4 is 5.32 Å². The molecule has 104 valence electrons. The molecule has 0 aliphatic carbocycles. The van der Waals surface area contributed by atoms with E-state index in [0.29, 0.717) is 0 Å². The number of hydrogen-bond donors (Lipinski definition) is 1. The Bertz CT molecular complexity index is 898. The molecule has 2 nitrogen and oxygen atoms in total. The van der Waals surface area contributed by atoms with Gasteiger partial charge in [0.2, 0.25) is 0 Å². The van der Waals surface area contributed by atoms with Crippen molar-refractivity contribution >= 4 is 21.9 Å². The predicted octanol–water partition coefficient (Wildman–Crippen LogP) is 5.08. The minimum atomic E-state index is 0.165. The van der Waals surface area contributed by atoms with E-state index in [2.05, 4.69) is 61.8 Å². The molecule has 1 unspecified atom stereocenters. The normalized spacial score (nSPS) is 18.5. The van der Waals surface area contributed by atoms with Crippen LogP contribution in [0, 0.1) is 0 Å². The molecule has 0 amide bonds. The predicted molar refractivity (Wildman–Crippen MR) is 87.1 cm³/mol. The van der Waals surface area contributed by atoms with E-state index in [-0.39, 0.29) is 6.04 Å². The van der Waals surface area contributed by atoms with Gasteiger partial charge in [0.05, 0.1) is 6.04 Å². The average molecular weight is 275 g/mol. The van der Waals surface area contributed by atoms with Crippen molar-refractivity contribution in [3.05, 3.63) is 71.5 Å². The lowest BCUT2D eigenvalue weighted by Gasteiger charge is -2.21. The van der Waals surface area contributed by atoms with Crippen molar-refractivity contribution in [3.63, 3.8) is 0 Å². The maximum atomic E-state index is 6.11. The van der Waals surface area contributed by atoms with Crippen LogP contribution in [-0.2, 0) is 0 Å². The molecule has 1 aliphatic heterocycles. The van der Waals surface area contributed by atoms with Gasteiger partial charge in [0.15, 0.2) is 0 Å². The number of dihydropyridines is 1. The number of benzene rings is 2. The minimum absolute atomic E-state index is 0.165. The lowest BCUT2D eigenvalue weighted by atomic mass is 9.97. The van der Waals surface area contributed by atoms with Gasteiger partial charge in [-0.15, -0.1) is 0 Å². The van der Waals surface area contributed by atoms with E-state index >= 15 is 0 Å². The largest absolute Gasteiger partial charge is 0.456 e. The number of fused-ring (bicyclic) bond motifs is 3. The summed E-state index contributed by atoms with van der Waals surface area (Å²) in [6.07, 6.45) is 4.35. The quantitative estimate of drug-likeness (QED) is 0.670. The van der Waals surface area contributed by atoms with Crippen molar-refractivity contribution in [2.24, 2.45) is 0 Å². The maximum absolute atomic E-state index is 6.11. The van der Waals surface area contributed by atoms with Gasteiger partial charge in [0, 0.05) is 22.5 Å². The summed E-state index contributed by atoms with van der Waals surface area (Å²) in [4.78, 5) is 0. The number of rotatable bonds is 1. The van der Waals surface area contributed by atoms with Crippen molar-refractivity contribution in [3.8, 4) is 0 Å². The van der Waals surface area contributed by atoms with E-state index in [1.54, 1.807) is 0 Å². The molecular formula is C19H17NO. The van der Waals surface area contributed by atoms with Crippen LogP contribution in [0.4, 0.5) is 0 Å². The van der Waals surface area contributed by atoms with Crippen LogP contribution >= 0.6 is 0 Å². The van der Waals surface area contributed by atoms with Gasteiger partial charge < -0.3 is 9.73 Å². The minimum Gasteiger partial charge on any atom is -0.456 e. The van der Waals surface area contributed by atoms with E-state index in [9.17, 15) is 0 Å². The molecule has 0 fully saturated rings. The van der Waals surface area contributed by atoms with Crippen molar-refractivity contribution in [1.29, 1.82) is 0 Å². The van der Waals surface area contributed by atoms with E-state index < -0.39 is 0 Å². The number of para-hydroxylation sites is 2. The summed E-state index contributed by atoms with van der Waals surface area (Å²) in [7, 11) is 0. The first-order chi connectivity index (χ1) is 10.2. The highest BCUT2D eigenvalue weighted by Crippen LogP contribution is 2.35. The first kappa shape index (κ1) is 12.3. The standard InChI is InChI=1S/C19H17NO/c1-12-10-17(20-11-13(12)2)16-8-5-7-15-14-6-3-4-9-18(14)21-19(15)16/h3-11,17,20H,1-2H3. The van der Waals surface area contributed by atoms with Crippen molar-refractivity contribution < 1.29 is 4.42 Å². The van der Waals surface area contributed by atoms with E-state index in [1.807, 2.05) is 12.1 Å². The second-order valence-electron chi connectivity index (χ2n) is 5.64. The summed E-state index contributed by atoms with van der Waals surface area (Å²) >= 11 is 0. The van der Waals surface area contributed by atoms with Gasteiger partial charge in [-0.3, -0.25) is 0 Å². The van der Waals surface area contributed by atoms with Crippen molar-refractivity contribution in [2.45, 2.75) is 19.9 Å². The Kier molecular flexibility index (Phi) is 2.64. The molecule has 0 saturated heterocycles. The Morgan fingerprint density at radius 2 is 1.71 bits per heavy atom. The smallest absolute Gasteiger partial charge is 0.141 e. The Hall–Kier alpha value is -2.48. The lowest BCUT2D eigenvalue weighted by Crippen LogP contribution is -2.18. The van der Waals surface area contributed by atoms with Crippen LogP contribution in [0.2, 0.25) is 0 Å². The van der Waals surface area contributed by atoms with Crippen LogP contribution in [0.15, 0.2) is 70.3 Å². The molecule has 1 aromatic heterocycles. The van der Waals surface area contributed by atoms with Gasteiger partial charge in [-0.05, 0) is 31.1 Å². The topological polar surface area (TPSA) is 25.2 Å². The summed E-state index contributed by atoms with van der Waals surface area (Å²) in [5.41, 5.74) is 5.71.